The van der Waals surface area contributed by atoms with E-state index < -0.39 is 6.10 Å². The molecule has 148 valence electrons. The van der Waals surface area contributed by atoms with E-state index in [1.807, 2.05) is 61.3 Å². The number of rotatable bonds is 6. The molecule has 0 aromatic heterocycles. The molecular formula is C22H27N3O3. The lowest BCUT2D eigenvalue weighted by Crippen LogP contribution is -2.47. The highest BCUT2D eigenvalue weighted by atomic mass is 16.5. The number of likely N-dealkylation sites (N-methyl/N-ethyl adjacent to an activating group) is 1. The summed E-state index contributed by atoms with van der Waals surface area (Å²) in [5, 5.41) is 2.89. The third-order valence-corrected chi connectivity index (χ3v) is 4.89. The summed E-state index contributed by atoms with van der Waals surface area (Å²) in [5.74, 6) is 0.331. The molecule has 2 aromatic rings. The molecule has 6 heteroatoms. The number of hydrogen-bond donors (Lipinski definition) is 1. The maximum Gasteiger partial charge on any atom is 0.265 e. The predicted octanol–water partition coefficient (Wildman–Crippen LogP) is 2.87. The molecule has 1 fully saturated rings. The Bertz CT molecular complexity index is 802. The highest BCUT2D eigenvalue weighted by Crippen LogP contribution is 2.20. The van der Waals surface area contributed by atoms with E-state index >= 15 is 0 Å². The first-order valence-corrected chi connectivity index (χ1v) is 9.68. The summed E-state index contributed by atoms with van der Waals surface area (Å²) < 4.78 is 5.81. The second-order valence-corrected chi connectivity index (χ2v) is 6.96. The summed E-state index contributed by atoms with van der Waals surface area (Å²) in [6, 6.07) is 16.4. The number of anilines is 1. The molecule has 1 N–H and O–H groups in total. The van der Waals surface area contributed by atoms with Gasteiger partial charge in [-0.15, -0.1) is 0 Å². The van der Waals surface area contributed by atoms with Gasteiger partial charge in [0.1, 0.15) is 5.75 Å². The zero-order valence-electron chi connectivity index (χ0n) is 16.4. The first-order valence-electron chi connectivity index (χ1n) is 9.68. The number of para-hydroxylation sites is 2. The first-order chi connectivity index (χ1) is 13.6. The molecule has 0 aliphatic carbocycles. The average Bonchev–Trinajstić information content (AvgIpc) is 2.73. The maximum absolute atomic E-state index is 13.0. The zero-order chi connectivity index (χ0) is 19.9. The van der Waals surface area contributed by atoms with Gasteiger partial charge >= 0.3 is 0 Å². The first kappa shape index (κ1) is 19.9. The van der Waals surface area contributed by atoms with Crippen LogP contribution in [-0.2, 0) is 4.79 Å². The van der Waals surface area contributed by atoms with Gasteiger partial charge in [0.2, 0.25) is 0 Å². The van der Waals surface area contributed by atoms with E-state index in [2.05, 4.69) is 10.2 Å². The van der Waals surface area contributed by atoms with Crippen LogP contribution in [0.5, 0.6) is 5.75 Å². The van der Waals surface area contributed by atoms with Crippen LogP contribution >= 0.6 is 0 Å². The van der Waals surface area contributed by atoms with Crippen LogP contribution in [0.3, 0.4) is 0 Å². The largest absolute Gasteiger partial charge is 0.481 e. The van der Waals surface area contributed by atoms with Crippen LogP contribution in [0.15, 0.2) is 54.6 Å². The number of amides is 2. The van der Waals surface area contributed by atoms with Gasteiger partial charge in [-0.25, -0.2) is 0 Å². The summed E-state index contributed by atoms with van der Waals surface area (Å²) in [7, 11) is 2.05. The zero-order valence-corrected chi connectivity index (χ0v) is 16.4. The van der Waals surface area contributed by atoms with Crippen molar-refractivity contribution in [2.45, 2.75) is 19.4 Å². The van der Waals surface area contributed by atoms with E-state index in [1.54, 1.807) is 12.1 Å². The van der Waals surface area contributed by atoms with Crippen molar-refractivity contribution in [2.75, 3.05) is 38.5 Å². The topological polar surface area (TPSA) is 61.9 Å². The molecule has 1 aliphatic rings. The normalized spacial score (nSPS) is 15.7. The molecular weight excluding hydrogens is 354 g/mol. The second kappa shape index (κ2) is 9.37. The molecule has 0 radical (unpaired) electrons. The SMILES string of the molecule is CC[C@@H](Oc1ccccc1)C(=O)Nc1ccccc1C(=O)N1CCN(C)CC1. The van der Waals surface area contributed by atoms with Gasteiger partial charge in [-0.3, -0.25) is 9.59 Å². The van der Waals surface area contributed by atoms with E-state index in [9.17, 15) is 9.59 Å². The van der Waals surface area contributed by atoms with Gasteiger partial charge in [-0.1, -0.05) is 37.3 Å². The van der Waals surface area contributed by atoms with Gasteiger partial charge in [0.25, 0.3) is 11.8 Å². The molecule has 2 aromatic carbocycles. The molecule has 3 rings (SSSR count). The number of carbonyl (C=O) groups excluding carboxylic acids is 2. The number of nitrogens with one attached hydrogen (secondary N) is 1. The van der Waals surface area contributed by atoms with Crippen molar-refractivity contribution >= 4 is 17.5 Å². The molecule has 1 heterocycles. The summed E-state index contributed by atoms with van der Waals surface area (Å²) in [6.07, 6.45) is -0.107. The van der Waals surface area contributed by atoms with Gasteiger partial charge in [-0.05, 0) is 37.7 Å². The highest BCUT2D eigenvalue weighted by molar-refractivity contribution is 6.04. The van der Waals surface area contributed by atoms with Gasteiger partial charge in [-0.2, -0.15) is 0 Å². The summed E-state index contributed by atoms with van der Waals surface area (Å²) in [4.78, 5) is 29.8. The third kappa shape index (κ3) is 4.89. The lowest BCUT2D eigenvalue weighted by molar-refractivity contribution is -0.122. The van der Waals surface area contributed by atoms with Crippen molar-refractivity contribution in [3.05, 3.63) is 60.2 Å². The standard InChI is InChI=1S/C22H27N3O3/c1-3-20(28-17-9-5-4-6-10-17)21(26)23-19-12-8-7-11-18(19)22(27)25-15-13-24(2)14-16-25/h4-12,20H,3,13-16H2,1-2H3,(H,23,26)/t20-/m1/s1. The van der Waals surface area contributed by atoms with Gasteiger partial charge in [0.05, 0.1) is 11.3 Å². The van der Waals surface area contributed by atoms with Crippen LogP contribution in [0.25, 0.3) is 0 Å². The van der Waals surface area contributed by atoms with Crippen molar-refractivity contribution in [3.63, 3.8) is 0 Å². The molecule has 6 nitrogen and oxygen atoms in total. The third-order valence-electron chi connectivity index (χ3n) is 4.89. The Kier molecular flexibility index (Phi) is 6.66. The Morgan fingerprint density at radius 3 is 2.32 bits per heavy atom. The minimum atomic E-state index is -0.630. The van der Waals surface area contributed by atoms with E-state index in [0.29, 0.717) is 36.5 Å². The molecule has 2 amide bonds. The lowest BCUT2D eigenvalue weighted by Gasteiger charge is -2.32. The molecule has 0 spiro atoms. The monoisotopic (exact) mass is 381 g/mol. The van der Waals surface area contributed by atoms with Crippen LogP contribution in [-0.4, -0.2) is 60.9 Å². The van der Waals surface area contributed by atoms with E-state index in [4.69, 9.17) is 4.74 Å². The number of benzene rings is 2. The minimum Gasteiger partial charge on any atom is -0.481 e. The van der Waals surface area contributed by atoms with Crippen molar-refractivity contribution < 1.29 is 14.3 Å². The van der Waals surface area contributed by atoms with Crippen LogP contribution in [0.1, 0.15) is 23.7 Å². The van der Waals surface area contributed by atoms with E-state index in [1.165, 1.54) is 0 Å². The molecule has 28 heavy (non-hydrogen) atoms. The number of carbonyl (C=O) groups is 2. The maximum atomic E-state index is 13.0. The Morgan fingerprint density at radius 1 is 1.00 bits per heavy atom. The summed E-state index contributed by atoms with van der Waals surface area (Å²) >= 11 is 0. The molecule has 0 saturated carbocycles. The number of piperazine rings is 1. The van der Waals surface area contributed by atoms with Crippen LogP contribution < -0.4 is 10.1 Å². The van der Waals surface area contributed by atoms with Crippen molar-refractivity contribution in [1.82, 2.24) is 9.80 Å². The fourth-order valence-corrected chi connectivity index (χ4v) is 3.16. The van der Waals surface area contributed by atoms with Crippen LogP contribution in [0.4, 0.5) is 5.69 Å². The fourth-order valence-electron chi connectivity index (χ4n) is 3.16. The summed E-state index contributed by atoms with van der Waals surface area (Å²) in [6.45, 7) is 4.97. The molecule has 0 bridgehead atoms. The number of nitrogens with zero attached hydrogens (tertiary/aromatic N) is 2. The second-order valence-electron chi connectivity index (χ2n) is 6.96. The number of ether oxygens (including phenoxy) is 1. The molecule has 1 atom stereocenters. The Labute approximate surface area is 166 Å². The molecule has 0 unspecified atom stereocenters. The van der Waals surface area contributed by atoms with Crippen LogP contribution in [0.2, 0.25) is 0 Å². The summed E-state index contributed by atoms with van der Waals surface area (Å²) in [5.41, 5.74) is 1.03. The Balaban J connectivity index is 1.71. The number of hydrogen-bond acceptors (Lipinski definition) is 4. The Morgan fingerprint density at radius 2 is 1.64 bits per heavy atom. The van der Waals surface area contributed by atoms with E-state index in [-0.39, 0.29) is 11.8 Å². The van der Waals surface area contributed by atoms with E-state index in [0.717, 1.165) is 13.1 Å². The lowest BCUT2D eigenvalue weighted by atomic mass is 10.1. The van der Waals surface area contributed by atoms with Gasteiger partial charge < -0.3 is 19.9 Å². The van der Waals surface area contributed by atoms with Crippen molar-refractivity contribution in [3.8, 4) is 5.75 Å². The fraction of sp³-hybridized carbons (Fsp3) is 0.364. The Hall–Kier alpha value is -2.86. The quantitative estimate of drug-likeness (QED) is 0.836. The minimum absolute atomic E-state index is 0.0546. The predicted molar refractivity (Wildman–Crippen MR) is 110 cm³/mol. The van der Waals surface area contributed by atoms with Crippen LogP contribution in [0, 0.1) is 0 Å². The van der Waals surface area contributed by atoms with Crippen molar-refractivity contribution in [2.24, 2.45) is 0 Å². The molecule has 1 saturated heterocycles. The van der Waals surface area contributed by atoms with Gasteiger partial charge in [0, 0.05) is 26.2 Å². The molecule has 1 aliphatic heterocycles. The van der Waals surface area contributed by atoms with Gasteiger partial charge in [0.15, 0.2) is 6.10 Å². The smallest absolute Gasteiger partial charge is 0.265 e. The highest BCUT2D eigenvalue weighted by Gasteiger charge is 2.24. The van der Waals surface area contributed by atoms with Crippen molar-refractivity contribution in [1.29, 1.82) is 0 Å². The average molecular weight is 381 g/mol.